The number of rotatable bonds is 9. The van der Waals surface area contributed by atoms with E-state index in [2.05, 4.69) is 9.73 Å². The van der Waals surface area contributed by atoms with Crippen LogP contribution < -0.4 is 19.1 Å². The minimum Gasteiger partial charge on any atom is -0.497 e. The van der Waals surface area contributed by atoms with Crippen molar-refractivity contribution in [1.82, 2.24) is 0 Å². The Labute approximate surface area is 212 Å². The van der Waals surface area contributed by atoms with E-state index in [1.807, 2.05) is 43.3 Å². The molecule has 0 spiro atoms. The summed E-state index contributed by atoms with van der Waals surface area (Å²) in [6.07, 6.45) is 1.69. The molecular formula is C27H24F2N2O4S. The number of amides is 1. The van der Waals surface area contributed by atoms with Gasteiger partial charge in [0, 0.05) is 5.75 Å². The first-order valence-corrected chi connectivity index (χ1v) is 12.1. The largest absolute Gasteiger partial charge is 0.497 e. The second-order valence-corrected chi connectivity index (χ2v) is 8.78. The normalized spacial score (nSPS) is 14.4. The smallest absolute Gasteiger partial charge is 0.387 e. The lowest BCUT2D eigenvalue weighted by atomic mass is 10.2. The third kappa shape index (κ3) is 6.42. The molecule has 6 nitrogen and oxygen atoms in total. The van der Waals surface area contributed by atoms with Gasteiger partial charge in [0.2, 0.25) is 0 Å². The third-order valence-corrected chi connectivity index (χ3v) is 6.08. The van der Waals surface area contributed by atoms with Gasteiger partial charge in [0.1, 0.15) is 22.9 Å². The predicted octanol–water partition coefficient (Wildman–Crippen LogP) is 6.16. The maximum Gasteiger partial charge on any atom is 0.387 e. The minimum atomic E-state index is -2.93. The molecule has 1 heterocycles. The number of benzene rings is 3. The number of ether oxygens (including phenoxy) is 3. The first-order chi connectivity index (χ1) is 17.4. The average Bonchev–Trinajstić information content (AvgIpc) is 3.18. The molecule has 0 bridgehead atoms. The number of halogens is 2. The van der Waals surface area contributed by atoms with Gasteiger partial charge in [0.05, 0.1) is 19.4 Å². The van der Waals surface area contributed by atoms with Gasteiger partial charge >= 0.3 is 6.61 Å². The van der Waals surface area contributed by atoms with Crippen LogP contribution in [0.4, 0.5) is 14.5 Å². The Morgan fingerprint density at radius 3 is 2.22 bits per heavy atom. The van der Waals surface area contributed by atoms with E-state index in [1.165, 1.54) is 28.8 Å². The Kier molecular flexibility index (Phi) is 8.22. The summed E-state index contributed by atoms with van der Waals surface area (Å²) >= 11 is 1.37. The van der Waals surface area contributed by atoms with Gasteiger partial charge in [-0.05, 0) is 67.1 Å². The number of carbonyl (C=O) groups excluding carboxylic acids is 1. The molecule has 3 aromatic carbocycles. The van der Waals surface area contributed by atoms with Crippen molar-refractivity contribution in [3.63, 3.8) is 0 Å². The molecular weight excluding hydrogens is 486 g/mol. The zero-order valence-electron chi connectivity index (χ0n) is 19.7. The Morgan fingerprint density at radius 1 is 0.944 bits per heavy atom. The zero-order chi connectivity index (χ0) is 25.5. The Balaban J connectivity index is 1.52. The number of aryl methyl sites for hydroxylation is 1. The Morgan fingerprint density at radius 2 is 1.58 bits per heavy atom. The summed E-state index contributed by atoms with van der Waals surface area (Å²) in [6, 6.07) is 20.9. The fraction of sp³-hybridized carbons (Fsp3) is 0.185. The van der Waals surface area contributed by atoms with Crippen molar-refractivity contribution in [2.75, 3.05) is 24.4 Å². The first kappa shape index (κ1) is 25.2. The lowest BCUT2D eigenvalue weighted by Gasteiger charge is -2.18. The molecule has 0 N–H and O–H groups in total. The SMILES string of the molecule is COc1ccc(/C=C2\N=C(SCCOc3ccc(C)cc3)N(c3ccc(OC(F)F)cc3)C2=O)cc1. The molecule has 1 aliphatic heterocycles. The van der Waals surface area contributed by atoms with Crippen LogP contribution in [0.3, 0.4) is 0 Å². The van der Waals surface area contributed by atoms with E-state index in [0.717, 1.165) is 16.9 Å². The van der Waals surface area contributed by atoms with E-state index in [4.69, 9.17) is 9.47 Å². The molecule has 4 rings (SSSR count). The summed E-state index contributed by atoms with van der Waals surface area (Å²) in [5.41, 5.74) is 2.69. The molecule has 1 aliphatic rings. The van der Waals surface area contributed by atoms with Crippen molar-refractivity contribution < 1.29 is 27.8 Å². The number of nitrogens with zero attached hydrogens (tertiary/aromatic N) is 2. The molecule has 0 saturated heterocycles. The molecule has 1 amide bonds. The van der Waals surface area contributed by atoms with E-state index in [1.54, 1.807) is 37.5 Å². The molecule has 0 aromatic heterocycles. The molecule has 0 fully saturated rings. The van der Waals surface area contributed by atoms with Crippen LogP contribution >= 0.6 is 11.8 Å². The zero-order valence-corrected chi connectivity index (χ0v) is 20.5. The van der Waals surface area contributed by atoms with Gasteiger partial charge in [0.15, 0.2) is 5.17 Å². The second kappa shape index (κ2) is 11.7. The van der Waals surface area contributed by atoms with Crippen LogP contribution in [0.2, 0.25) is 0 Å². The van der Waals surface area contributed by atoms with Crippen LogP contribution in [-0.4, -0.2) is 37.2 Å². The van der Waals surface area contributed by atoms with Crippen molar-refractivity contribution in [3.05, 3.63) is 89.6 Å². The highest BCUT2D eigenvalue weighted by Gasteiger charge is 2.32. The number of anilines is 1. The van der Waals surface area contributed by atoms with Gasteiger partial charge in [-0.25, -0.2) is 4.99 Å². The highest BCUT2D eigenvalue weighted by Crippen LogP contribution is 2.31. The Hall–Kier alpha value is -3.85. The van der Waals surface area contributed by atoms with Crippen molar-refractivity contribution in [2.45, 2.75) is 13.5 Å². The molecule has 0 saturated carbocycles. The van der Waals surface area contributed by atoms with Crippen LogP contribution in [0, 0.1) is 6.92 Å². The molecule has 3 aromatic rings. The van der Waals surface area contributed by atoms with E-state index in [-0.39, 0.29) is 17.4 Å². The van der Waals surface area contributed by atoms with Gasteiger partial charge in [0.25, 0.3) is 5.91 Å². The lowest BCUT2D eigenvalue weighted by molar-refractivity contribution is -0.113. The maximum atomic E-state index is 13.3. The van der Waals surface area contributed by atoms with E-state index >= 15 is 0 Å². The van der Waals surface area contributed by atoms with Crippen LogP contribution in [0.1, 0.15) is 11.1 Å². The van der Waals surface area contributed by atoms with Gasteiger partial charge in [-0.3, -0.25) is 9.69 Å². The summed E-state index contributed by atoms with van der Waals surface area (Å²) in [7, 11) is 1.58. The van der Waals surface area contributed by atoms with Crippen LogP contribution in [0.25, 0.3) is 6.08 Å². The van der Waals surface area contributed by atoms with Gasteiger partial charge in [-0.1, -0.05) is 41.6 Å². The number of methoxy groups -OCH3 is 1. The van der Waals surface area contributed by atoms with Crippen LogP contribution in [0.15, 0.2) is 83.5 Å². The lowest BCUT2D eigenvalue weighted by Crippen LogP contribution is -2.30. The molecule has 186 valence electrons. The number of hydrogen-bond donors (Lipinski definition) is 0. The van der Waals surface area contributed by atoms with Crippen LogP contribution in [-0.2, 0) is 4.79 Å². The quantitative estimate of drug-likeness (QED) is 0.255. The number of carbonyl (C=O) groups is 1. The predicted molar refractivity (Wildman–Crippen MR) is 138 cm³/mol. The van der Waals surface area contributed by atoms with Crippen molar-refractivity contribution in [1.29, 1.82) is 0 Å². The topological polar surface area (TPSA) is 60.4 Å². The third-order valence-electron chi connectivity index (χ3n) is 5.17. The van der Waals surface area contributed by atoms with E-state index in [9.17, 15) is 13.6 Å². The van der Waals surface area contributed by atoms with Crippen molar-refractivity contribution in [2.24, 2.45) is 4.99 Å². The van der Waals surface area contributed by atoms with E-state index in [0.29, 0.717) is 29.0 Å². The number of thioether (sulfide) groups is 1. The summed E-state index contributed by atoms with van der Waals surface area (Å²) in [5.74, 6) is 1.69. The van der Waals surface area contributed by atoms with Gasteiger partial charge < -0.3 is 14.2 Å². The standard InChI is InChI=1S/C27H24F2N2O4S/c1-18-3-9-22(10-4-18)34-15-16-36-27-30-24(17-19-5-11-21(33-2)12-6-19)25(32)31(27)20-7-13-23(14-8-20)35-26(28)29/h3-14,17,26H,15-16H2,1-2H3/b24-17-. The summed E-state index contributed by atoms with van der Waals surface area (Å²) in [6.45, 7) is -0.510. The fourth-order valence-electron chi connectivity index (χ4n) is 3.38. The maximum absolute atomic E-state index is 13.3. The second-order valence-electron chi connectivity index (χ2n) is 7.72. The molecule has 36 heavy (non-hydrogen) atoms. The van der Waals surface area contributed by atoms with Crippen molar-refractivity contribution in [3.8, 4) is 17.2 Å². The molecule has 0 unspecified atom stereocenters. The summed E-state index contributed by atoms with van der Waals surface area (Å²) in [4.78, 5) is 19.3. The monoisotopic (exact) mass is 510 g/mol. The summed E-state index contributed by atoms with van der Waals surface area (Å²) < 4.78 is 40.5. The van der Waals surface area contributed by atoms with E-state index < -0.39 is 6.61 Å². The van der Waals surface area contributed by atoms with Crippen molar-refractivity contribution >= 4 is 34.6 Å². The Bertz CT molecular complexity index is 1240. The van der Waals surface area contributed by atoms with Gasteiger partial charge in [-0.2, -0.15) is 8.78 Å². The highest BCUT2D eigenvalue weighted by molar-refractivity contribution is 8.14. The molecule has 0 radical (unpaired) electrons. The highest BCUT2D eigenvalue weighted by atomic mass is 32.2. The number of hydrogen-bond acceptors (Lipinski definition) is 6. The average molecular weight is 511 g/mol. The number of aliphatic imine (C=N–C) groups is 1. The molecule has 9 heteroatoms. The fourth-order valence-corrected chi connectivity index (χ4v) is 4.21. The summed E-state index contributed by atoms with van der Waals surface area (Å²) in [5, 5.41) is 0.467. The van der Waals surface area contributed by atoms with Crippen LogP contribution in [0.5, 0.6) is 17.2 Å². The molecule has 0 aliphatic carbocycles. The number of amidine groups is 1. The molecule has 0 atom stereocenters. The number of alkyl halides is 2. The minimum absolute atomic E-state index is 0.00651. The van der Waals surface area contributed by atoms with Gasteiger partial charge in [-0.15, -0.1) is 0 Å². The first-order valence-electron chi connectivity index (χ1n) is 11.1.